The minimum atomic E-state index is 0.279. The SMILES string of the molecule is [CH2]CCCCCC([CH2])(C)C. The van der Waals surface area contributed by atoms with Crippen LogP contribution in [0.1, 0.15) is 46.0 Å². The highest BCUT2D eigenvalue weighted by Gasteiger charge is 2.08. The Bertz CT molecular complexity index is 66.6. The molecule has 0 aliphatic heterocycles. The van der Waals surface area contributed by atoms with E-state index in [1.807, 2.05) is 0 Å². The lowest BCUT2D eigenvalue weighted by molar-refractivity contribution is 0.407. The molecule has 0 heteroatoms. The Kier molecular flexibility index (Phi) is 4.76. The molecule has 0 aromatic carbocycles. The molecular weight excluding hydrogens is 120 g/mol. The smallest absolute Gasteiger partial charge is 0.0354 e. The topological polar surface area (TPSA) is 0 Å². The largest absolute Gasteiger partial charge is 0.0599 e. The fourth-order valence-electron chi connectivity index (χ4n) is 0.957. The zero-order valence-corrected chi connectivity index (χ0v) is 7.45. The van der Waals surface area contributed by atoms with Gasteiger partial charge in [-0.05, 0) is 18.8 Å². The Hall–Kier alpha value is 0. The summed E-state index contributed by atoms with van der Waals surface area (Å²) in [5.41, 5.74) is 0.279. The van der Waals surface area contributed by atoms with Crippen molar-refractivity contribution < 1.29 is 0 Å². The number of hydrogen-bond donors (Lipinski definition) is 0. The van der Waals surface area contributed by atoms with Crippen LogP contribution >= 0.6 is 0 Å². The Balaban J connectivity index is 3.04. The summed E-state index contributed by atoms with van der Waals surface area (Å²) in [5.74, 6) is 0. The maximum absolute atomic E-state index is 4.05. The van der Waals surface area contributed by atoms with E-state index in [0.717, 1.165) is 6.42 Å². The first-order valence-corrected chi connectivity index (χ1v) is 4.21. The molecule has 60 valence electrons. The van der Waals surface area contributed by atoms with E-state index in [2.05, 4.69) is 27.7 Å². The van der Waals surface area contributed by atoms with Gasteiger partial charge in [-0.3, -0.25) is 0 Å². The molecule has 10 heavy (non-hydrogen) atoms. The molecule has 0 saturated heterocycles. The number of unbranched alkanes of at least 4 members (excludes halogenated alkanes) is 3. The van der Waals surface area contributed by atoms with E-state index < -0.39 is 0 Å². The molecule has 0 fully saturated rings. The summed E-state index contributed by atoms with van der Waals surface area (Å²) in [6.07, 6.45) is 6.23. The van der Waals surface area contributed by atoms with Crippen LogP contribution in [0.5, 0.6) is 0 Å². The first kappa shape index (κ1) is 10.0. The van der Waals surface area contributed by atoms with E-state index >= 15 is 0 Å². The Morgan fingerprint density at radius 3 is 2.10 bits per heavy atom. The Morgan fingerprint density at radius 2 is 1.70 bits per heavy atom. The molecule has 0 spiro atoms. The summed E-state index contributed by atoms with van der Waals surface area (Å²) in [4.78, 5) is 0. The first-order chi connectivity index (χ1) is 4.56. The summed E-state index contributed by atoms with van der Waals surface area (Å²) in [5, 5.41) is 0. The van der Waals surface area contributed by atoms with E-state index in [1.54, 1.807) is 0 Å². The van der Waals surface area contributed by atoms with Crippen LogP contribution in [-0.4, -0.2) is 0 Å². The molecule has 0 saturated carbocycles. The second-order valence-electron chi connectivity index (χ2n) is 3.83. The van der Waals surface area contributed by atoms with Crippen LogP contribution in [0.3, 0.4) is 0 Å². The standard InChI is InChI=1S/C10H20/c1-5-6-7-8-9-10(2,3)4/h1-2,5-9H2,3-4H3. The van der Waals surface area contributed by atoms with Gasteiger partial charge in [-0.2, -0.15) is 0 Å². The maximum atomic E-state index is 4.05. The number of hydrogen-bond acceptors (Lipinski definition) is 0. The second kappa shape index (κ2) is 4.76. The minimum absolute atomic E-state index is 0.279. The third-order valence-corrected chi connectivity index (χ3v) is 1.60. The highest BCUT2D eigenvalue weighted by Crippen LogP contribution is 2.21. The normalized spacial score (nSPS) is 12.0. The molecule has 0 amide bonds. The lowest BCUT2D eigenvalue weighted by Crippen LogP contribution is -2.04. The molecule has 0 atom stereocenters. The number of rotatable bonds is 5. The van der Waals surface area contributed by atoms with Crippen molar-refractivity contribution in [3.8, 4) is 0 Å². The van der Waals surface area contributed by atoms with E-state index in [1.165, 1.54) is 25.7 Å². The first-order valence-electron chi connectivity index (χ1n) is 4.21. The van der Waals surface area contributed by atoms with Crippen LogP contribution in [0.2, 0.25) is 0 Å². The van der Waals surface area contributed by atoms with E-state index in [0.29, 0.717) is 0 Å². The van der Waals surface area contributed by atoms with E-state index in [4.69, 9.17) is 0 Å². The molecule has 0 rings (SSSR count). The van der Waals surface area contributed by atoms with Crippen LogP contribution in [-0.2, 0) is 0 Å². The van der Waals surface area contributed by atoms with Gasteiger partial charge in [-0.15, -0.1) is 0 Å². The molecule has 0 aromatic rings. The van der Waals surface area contributed by atoms with Crippen molar-refractivity contribution in [3.63, 3.8) is 0 Å². The third kappa shape index (κ3) is 8.00. The van der Waals surface area contributed by atoms with Crippen molar-refractivity contribution in [3.05, 3.63) is 13.8 Å². The van der Waals surface area contributed by atoms with E-state index in [-0.39, 0.29) is 5.41 Å². The lowest BCUT2D eigenvalue weighted by Gasteiger charge is -2.16. The third-order valence-electron chi connectivity index (χ3n) is 1.60. The van der Waals surface area contributed by atoms with Crippen LogP contribution in [0.25, 0.3) is 0 Å². The minimum Gasteiger partial charge on any atom is -0.0599 e. The van der Waals surface area contributed by atoms with Gasteiger partial charge in [0, 0.05) is 0 Å². The molecular formula is C10H20. The summed E-state index contributed by atoms with van der Waals surface area (Å²) in [6, 6.07) is 0. The van der Waals surface area contributed by atoms with Gasteiger partial charge in [-0.1, -0.05) is 46.5 Å². The second-order valence-corrected chi connectivity index (χ2v) is 3.83. The lowest BCUT2D eigenvalue weighted by atomic mass is 9.89. The fraction of sp³-hybridized carbons (Fsp3) is 0.800. The predicted octanol–water partition coefficient (Wildman–Crippen LogP) is 3.63. The Labute approximate surface area is 66.0 Å². The zero-order valence-electron chi connectivity index (χ0n) is 7.45. The van der Waals surface area contributed by atoms with Gasteiger partial charge in [-0.25, -0.2) is 0 Å². The van der Waals surface area contributed by atoms with Gasteiger partial charge < -0.3 is 0 Å². The molecule has 0 heterocycles. The van der Waals surface area contributed by atoms with Gasteiger partial charge in [0.15, 0.2) is 0 Å². The van der Waals surface area contributed by atoms with Gasteiger partial charge in [0.25, 0.3) is 0 Å². The van der Waals surface area contributed by atoms with Crippen LogP contribution in [0.15, 0.2) is 0 Å². The fourth-order valence-corrected chi connectivity index (χ4v) is 0.957. The maximum Gasteiger partial charge on any atom is -0.0354 e. The van der Waals surface area contributed by atoms with Crippen molar-refractivity contribution >= 4 is 0 Å². The van der Waals surface area contributed by atoms with Crippen molar-refractivity contribution in [2.75, 3.05) is 0 Å². The van der Waals surface area contributed by atoms with Crippen molar-refractivity contribution in [2.24, 2.45) is 5.41 Å². The summed E-state index contributed by atoms with van der Waals surface area (Å²) in [7, 11) is 0. The predicted molar refractivity (Wildman–Crippen MR) is 47.6 cm³/mol. The van der Waals surface area contributed by atoms with Crippen molar-refractivity contribution in [1.82, 2.24) is 0 Å². The summed E-state index contributed by atoms with van der Waals surface area (Å²) in [6.45, 7) is 12.2. The van der Waals surface area contributed by atoms with Gasteiger partial charge in [0.05, 0.1) is 0 Å². The molecule has 0 unspecified atom stereocenters. The molecule has 0 aliphatic carbocycles. The Morgan fingerprint density at radius 1 is 1.10 bits per heavy atom. The van der Waals surface area contributed by atoms with Crippen molar-refractivity contribution in [1.29, 1.82) is 0 Å². The summed E-state index contributed by atoms with van der Waals surface area (Å²) >= 11 is 0. The van der Waals surface area contributed by atoms with Crippen LogP contribution in [0.4, 0.5) is 0 Å². The average Bonchev–Trinajstić information content (AvgIpc) is 1.78. The quantitative estimate of drug-likeness (QED) is 0.511. The molecule has 0 bridgehead atoms. The highest BCUT2D eigenvalue weighted by molar-refractivity contribution is 4.69. The molecule has 0 N–H and O–H groups in total. The van der Waals surface area contributed by atoms with Crippen molar-refractivity contribution in [2.45, 2.75) is 46.0 Å². The van der Waals surface area contributed by atoms with E-state index in [9.17, 15) is 0 Å². The molecule has 0 aromatic heterocycles. The van der Waals surface area contributed by atoms with Gasteiger partial charge in [0.2, 0.25) is 0 Å². The van der Waals surface area contributed by atoms with Crippen LogP contribution < -0.4 is 0 Å². The monoisotopic (exact) mass is 140 g/mol. The van der Waals surface area contributed by atoms with Gasteiger partial charge >= 0.3 is 0 Å². The summed E-state index contributed by atoms with van der Waals surface area (Å²) < 4.78 is 0. The molecule has 2 radical (unpaired) electrons. The average molecular weight is 140 g/mol. The molecule has 0 nitrogen and oxygen atoms in total. The molecule has 0 aliphatic rings. The highest BCUT2D eigenvalue weighted by atomic mass is 14.1. The van der Waals surface area contributed by atoms with Gasteiger partial charge in [0.1, 0.15) is 0 Å². The van der Waals surface area contributed by atoms with Crippen LogP contribution in [0, 0.1) is 19.3 Å². The zero-order chi connectivity index (χ0) is 8.04.